The first-order valence-corrected chi connectivity index (χ1v) is 11.2. The van der Waals surface area contributed by atoms with Crippen molar-refractivity contribution in [1.29, 1.82) is 0 Å². The van der Waals surface area contributed by atoms with E-state index in [9.17, 15) is 9.59 Å². The highest BCUT2D eigenvalue weighted by Gasteiger charge is 2.37. The molecule has 0 aliphatic carbocycles. The number of thioether (sulfide) groups is 1. The van der Waals surface area contributed by atoms with Gasteiger partial charge in [-0.1, -0.05) is 58.0 Å². The average Bonchev–Trinajstić information content (AvgIpc) is 2.71. The summed E-state index contributed by atoms with van der Waals surface area (Å²) < 4.78 is 0. The van der Waals surface area contributed by atoms with E-state index < -0.39 is 0 Å². The highest BCUT2D eigenvalue weighted by Crippen LogP contribution is 2.41. The van der Waals surface area contributed by atoms with Gasteiger partial charge in [0.15, 0.2) is 0 Å². The average molecular weight is 404 g/mol. The van der Waals surface area contributed by atoms with Gasteiger partial charge in [-0.05, 0) is 52.8 Å². The first kappa shape index (κ1) is 19.7. The van der Waals surface area contributed by atoms with Crippen molar-refractivity contribution in [3.05, 3.63) is 70.8 Å². The Bertz CT molecular complexity index is 1100. The van der Waals surface area contributed by atoms with E-state index in [0.29, 0.717) is 11.1 Å². The van der Waals surface area contributed by atoms with Crippen LogP contribution in [-0.4, -0.2) is 18.1 Å². The molecule has 0 unspecified atom stereocenters. The number of carbonyl (C=O) groups is 2. The van der Waals surface area contributed by atoms with Crippen LogP contribution in [0.4, 0.5) is 5.69 Å². The van der Waals surface area contributed by atoms with E-state index in [-0.39, 0.29) is 23.7 Å². The Morgan fingerprint density at radius 3 is 1.86 bits per heavy atom. The molecule has 1 aliphatic heterocycles. The Morgan fingerprint density at radius 2 is 1.31 bits per heavy atom. The summed E-state index contributed by atoms with van der Waals surface area (Å²) in [5.74, 6) is -0.0802. The molecule has 0 atom stereocenters. The molecule has 3 aromatic rings. The molecule has 0 aromatic heterocycles. The smallest absolute Gasteiger partial charge is 0.266 e. The fourth-order valence-corrected chi connectivity index (χ4v) is 4.81. The van der Waals surface area contributed by atoms with Crippen LogP contribution < -0.4 is 4.90 Å². The fraction of sp³-hybridized carbons (Fsp3) is 0.280. The molecule has 4 heteroatoms. The molecule has 0 saturated heterocycles. The number of amides is 2. The zero-order chi connectivity index (χ0) is 20.9. The van der Waals surface area contributed by atoms with Crippen LogP contribution in [0.3, 0.4) is 0 Å². The second-order valence-corrected chi connectivity index (χ2v) is 8.93. The van der Waals surface area contributed by atoms with Crippen molar-refractivity contribution in [3.63, 3.8) is 0 Å². The van der Waals surface area contributed by atoms with E-state index in [1.807, 2.05) is 54.8 Å². The zero-order valence-electron chi connectivity index (χ0n) is 17.4. The first-order valence-electron chi connectivity index (χ1n) is 9.98. The number of benzene rings is 3. The summed E-state index contributed by atoms with van der Waals surface area (Å²) in [4.78, 5) is 29.8. The van der Waals surface area contributed by atoms with Crippen LogP contribution in [0, 0.1) is 0 Å². The van der Waals surface area contributed by atoms with Crippen molar-refractivity contribution in [2.24, 2.45) is 0 Å². The molecule has 0 radical (unpaired) electrons. The molecule has 0 fully saturated rings. The Labute approximate surface area is 176 Å². The van der Waals surface area contributed by atoms with E-state index in [1.54, 1.807) is 11.8 Å². The summed E-state index contributed by atoms with van der Waals surface area (Å²) in [5.41, 5.74) is 4.00. The molecule has 148 valence electrons. The normalized spacial score (nSPS) is 13.8. The molecule has 1 aliphatic rings. The van der Waals surface area contributed by atoms with Crippen LogP contribution in [-0.2, 0) is 0 Å². The van der Waals surface area contributed by atoms with Crippen molar-refractivity contribution in [1.82, 2.24) is 0 Å². The molecule has 0 bridgehead atoms. The first-order chi connectivity index (χ1) is 13.9. The molecule has 1 heterocycles. The van der Waals surface area contributed by atoms with Gasteiger partial charge in [-0.25, -0.2) is 4.90 Å². The summed E-state index contributed by atoms with van der Waals surface area (Å²) >= 11 is 1.63. The van der Waals surface area contributed by atoms with Gasteiger partial charge in [0.25, 0.3) is 11.8 Å². The molecule has 4 rings (SSSR count). The molecule has 0 N–H and O–H groups in total. The van der Waals surface area contributed by atoms with E-state index in [0.717, 1.165) is 32.5 Å². The third-order valence-corrected chi connectivity index (χ3v) is 6.45. The van der Waals surface area contributed by atoms with Crippen LogP contribution >= 0.6 is 11.8 Å². The number of anilines is 1. The summed E-state index contributed by atoms with van der Waals surface area (Å²) in [6, 6.07) is 15.7. The number of para-hydroxylation sites is 1. The van der Waals surface area contributed by atoms with Crippen molar-refractivity contribution in [3.8, 4) is 0 Å². The third kappa shape index (κ3) is 2.98. The maximum Gasteiger partial charge on any atom is 0.266 e. The minimum absolute atomic E-state index is 0.195. The van der Waals surface area contributed by atoms with E-state index in [4.69, 9.17) is 0 Å². The highest BCUT2D eigenvalue weighted by molar-refractivity contribution is 7.98. The van der Waals surface area contributed by atoms with Gasteiger partial charge in [-0.3, -0.25) is 9.59 Å². The Balaban J connectivity index is 2.03. The number of imide groups is 1. The van der Waals surface area contributed by atoms with Gasteiger partial charge in [-0.15, -0.1) is 11.8 Å². The third-order valence-electron chi connectivity index (χ3n) is 5.65. The minimum atomic E-state index is -0.235. The Hall–Kier alpha value is -2.59. The molecule has 3 aromatic carbocycles. The highest BCUT2D eigenvalue weighted by atomic mass is 32.2. The van der Waals surface area contributed by atoms with Crippen molar-refractivity contribution >= 4 is 40.0 Å². The maximum atomic E-state index is 13.7. The number of rotatable bonds is 4. The van der Waals surface area contributed by atoms with Gasteiger partial charge in [0.2, 0.25) is 0 Å². The number of hydrogen-bond donors (Lipinski definition) is 0. The maximum absolute atomic E-state index is 13.7. The second kappa shape index (κ2) is 7.34. The van der Waals surface area contributed by atoms with Crippen LogP contribution in [0.25, 0.3) is 10.8 Å². The van der Waals surface area contributed by atoms with Crippen molar-refractivity contribution in [2.75, 3.05) is 11.2 Å². The predicted octanol–water partition coefficient (Wildman–Crippen LogP) is 6.61. The summed E-state index contributed by atoms with van der Waals surface area (Å²) in [7, 11) is 0. The van der Waals surface area contributed by atoms with E-state index in [1.165, 1.54) is 4.90 Å². The summed E-state index contributed by atoms with van der Waals surface area (Å²) in [5, 5.41) is 1.74. The molecule has 3 nitrogen and oxygen atoms in total. The lowest BCUT2D eigenvalue weighted by molar-refractivity contribution is 0.0893. The minimum Gasteiger partial charge on any atom is -0.268 e. The van der Waals surface area contributed by atoms with Crippen molar-refractivity contribution < 1.29 is 9.59 Å². The molecule has 0 saturated carbocycles. The monoisotopic (exact) mass is 403 g/mol. The van der Waals surface area contributed by atoms with Gasteiger partial charge in [-0.2, -0.15) is 0 Å². The molecular weight excluding hydrogens is 378 g/mol. The summed E-state index contributed by atoms with van der Waals surface area (Å²) in [6.45, 7) is 8.39. The lowest BCUT2D eigenvalue weighted by Gasteiger charge is -2.32. The standard InChI is InChI=1S/C25H25NO2S/c1-14(2)16-8-6-9-17(15(3)4)23(16)26-24(27)19-11-7-10-18-21(29-5)13-12-20(22(18)19)25(26)28/h6-15H,1-5H3. The predicted molar refractivity (Wildman–Crippen MR) is 121 cm³/mol. The summed E-state index contributed by atoms with van der Waals surface area (Å²) in [6.07, 6.45) is 2.01. The Morgan fingerprint density at radius 1 is 0.759 bits per heavy atom. The largest absolute Gasteiger partial charge is 0.268 e. The quantitative estimate of drug-likeness (QED) is 0.363. The zero-order valence-corrected chi connectivity index (χ0v) is 18.3. The van der Waals surface area contributed by atoms with Gasteiger partial charge in [0.1, 0.15) is 0 Å². The van der Waals surface area contributed by atoms with Gasteiger partial charge < -0.3 is 0 Å². The van der Waals surface area contributed by atoms with Crippen LogP contribution in [0.1, 0.15) is 71.4 Å². The SMILES string of the molecule is CSc1ccc2c3c(cccc13)C(=O)N(c1c(C(C)C)cccc1C(C)C)C2=O. The lowest BCUT2D eigenvalue weighted by Crippen LogP contribution is -2.41. The fourth-order valence-electron chi connectivity index (χ4n) is 4.22. The number of carbonyl (C=O) groups excluding carboxylic acids is 2. The van der Waals surface area contributed by atoms with Crippen molar-refractivity contribution in [2.45, 2.75) is 44.4 Å². The molecular formula is C25H25NO2S. The molecule has 2 amide bonds. The molecule has 0 spiro atoms. The number of nitrogens with zero attached hydrogens (tertiary/aromatic N) is 1. The number of hydrogen-bond acceptors (Lipinski definition) is 3. The van der Waals surface area contributed by atoms with Crippen LogP contribution in [0.15, 0.2) is 53.4 Å². The van der Waals surface area contributed by atoms with E-state index >= 15 is 0 Å². The van der Waals surface area contributed by atoms with Crippen LogP contribution in [0.2, 0.25) is 0 Å². The van der Waals surface area contributed by atoms with E-state index in [2.05, 4.69) is 27.7 Å². The Kier molecular flexibility index (Phi) is 4.99. The van der Waals surface area contributed by atoms with Gasteiger partial charge >= 0.3 is 0 Å². The lowest BCUT2D eigenvalue weighted by atomic mass is 9.88. The topological polar surface area (TPSA) is 37.4 Å². The molecule has 29 heavy (non-hydrogen) atoms. The second-order valence-electron chi connectivity index (χ2n) is 8.08. The van der Waals surface area contributed by atoms with Gasteiger partial charge in [0, 0.05) is 21.4 Å². The van der Waals surface area contributed by atoms with Crippen LogP contribution in [0.5, 0.6) is 0 Å². The van der Waals surface area contributed by atoms with Gasteiger partial charge in [0.05, 0.1) is 5.69 Å².